The zero-order valence-corrected chi connectivity index (χ0v) is 20.0. The molecule has 7 nitrogen and oxygen atoms in total. The first-order valence-electron chi connectivity index (χ1n) is 11.7. The third-order valence-electron chi connectivity index (χ3n) is 5.95. The quantitative estimate of drug-likeness (QED) is 0.438. The number of ether oxygens (including phenoxy) is 1. The van der Waals surface area contributed by atoms with Crippen LogP contribution in [-0.4, -0.2) is 48.4 Å². The number of alkyl halides is 3. The maximum absolute atomic E-state index is 12.3. The molecule has 2 N–H and O–H groups in total. The first-order chi connectivity index (χ1) is 17.2. The van der Waals surface area contributed by atoms with E-state index >= 15 is 0 Å². The molecule has 0 radical (unpaired) electrons. The van der Waals surface area contributed by atoms with E-state index < -0.39 is 6.36 Å². The number of halogens is 3. The molecule has 1 saturated carbocycles. The van der Waals surface area contributed by atoms with Crippen LogP contribution in [0.5, 0.6) is 5.75 Å². The van der Waals surface area contributed by atoms with Crippen LogP contribution >= 0.6 is 0 Å². The van der Waals surface area contributed by atoms with Crippen molar-refractivity contribution in [2.24, 2.45) is 0 Å². The molecule has 1 fully saturated rings. The second-order valence-electron chi connectivity index (χ2n) is 8.93. The molecule has 0 aliphatic heterocycles. The van der Waals surface area contributed by atoms with Gasteiger partial charge in [0.05, 0.1) is 5.52 Å². The fourth-order valence-electron chi connectivity index (χ4n) is 4.23. The summed E-state index contributed by atoms with van der Waals surface area (Å²) in [4.78, 5) is 23.7. The van der Waals surface area contributed by atoms with Gasteiger partial charge in [-0.2, -0.15) is 4.98 Å². The highest BCUT2D eigenvalue weighted by atomic mass is 19.4. The van der Waals surface area contributed by atoms with Crippen LogP contribution in [0.2, 0.25) is 0 Å². The summed E-state index contributed by atoms with van der Waals surface area (Å²) in [5.74, 6) is 0.912. The predicted octanol–water partition coefficient (Wildman–Crippen LogP) is 5.15. The van der Waals surface area contributed by atoms with E-state index in [0.717, 1.165) is 42.4 Å². The topological polar surface area (TPSA) is 79.4 Å². The number of aromatic nitrogens is 2. The molecule has 0 bridgehead atoms. The highest BCUT2D eigenvalue weighted by Gasteiger charge is 2.31. The Bertz CT molecular complexity index is 1220. The van der Waals surface area contributed by atoms with Gasteiger partial charge in [-0.1, -0.05) is 24.3 Å². The number of benzene rings is 2. The van der Waals surface area contributed by atoms with E-state index in [4.69, 9.17) is 4.98 Å². The zero-order chi connectivity index (χ0) is 25.7. The summed E-state index contributed by atoms with van der Waals surface area (Å²) >= 11 is 0. The Balaban J connectivity index is 1.27. The Hall–Kier alpha value is -3.82. The summed E-state index contributed by atoms with van der Waals surface area (Å²) in [5, 5.41) is 7.45. The van der Waals surface area contributed by atoms with E-state index in [1.807, 2.05) is 43.3 Å². The molecule has 36 heavy (non-hydrogen) atoms. The van der Waals surface area contributed by atoms with Crippen LogP contribution in [-0.2, 0) is 4.79 Å². The van der Waals surface area contributed by atoms with Crippen LogP contribution in [0.15, 0.2) is 54.6 Å². The van der Waals surface area contributed by atoms with Crippen molar-refractivity contribution in [2.75, 3.05) is 24.3 Å². The van der Waals surface area contributed by atoms with Gasteiger partial charge < -0.3 is 20.3 Å². The molecule has 1 aliphatic rings. The number of nitrogens with one attached hydrogen (secondary N) is 2. The van der Waals surface area contributed by atoms with Gasteiger partial charge in [-0.3, -0.25) is 4.79 Å². The summed E-state index contributed by atoms with van der Waals surface area (Å²) in [5.41, 5.74) is 1.48. The lowest BCUT2D eigenvalue weighted by molar-refractivity contribution is -0.274. The molecule has 10 heteroatoms. The normalized spacial score (nSPS) is 18.2. The van der Waals surface area contributed by atoms with Crippen molar-refractivity contribution in [1.29, 1.82) is 0 Å². The van der Waals surface area contributed by atoms with Crippen molar-refractivity contribution < 1.29 is 22.7 Å². The summed E-state index contributed by atoms with van der Waals surface area (Å²) < 4.78 is 40.6. The lowest BCUT2D eigenvalue weighted by atomic mass is 9.91. The number of anilines is 2. The van der Waals surface area contributed by atoms with Crippen molar-refractivity contribution in [2.45, 2.75) is 44.1 Å². The van der Waals surface area contributed by atoms with Gasteiger partial charge in [-0.25, -0.2) is 4.98 Å². The van der Waals surface area contributed by atoms with Crippen LogP contribution < -0.4 is 20.3 Å². The van der Waals surface area contributed by atoms with E-state index in [0.29, 0.717) is 11.5 Å². The van der Waals surface area contributed by atoms with Crippen LogP contribution in [0.25, 0.3) is 17.0 Å². The van der Waals surface area contributed by atoms with Gasteiger partial charge in [0.2, 0.25) is 11.9 Å². The molecule has 190 valence electrons. The Labute approximate surface area is 207 Å². The average Bonchev–Trinajstić information content (AvgIpc) is 2.83. The van der Waals surface area contributed by atoms with Crippen molar-refractivity contribution >= 4 is 34.7 Å². The van der Waals surface area contributed by atoms with Crippen LogP contribution in [0.4, 0.5) is 24.9 Å². The summed E-state index contributed by atoms with van der Waals surface area (Å²) in [6.07, 6.45) is 1.56. The summed E-state index contributed by atoms with van der Waals surface area (Å²) in [6, 6.07) is 13.5. The highest BCUT2D eigenvalue weighted by molar-refractivity contribution is 5.92. The number of hydrogen-bond donors (Lipinski definition) is 2. The summed E-state index contributed by atoms with van der Waals surface area (Å²) in [6.45, 7) is 0. The molecule has 4 rings (SSSR count). The van der Waals surface area contributed by atoms with Crippen LogP contribution in [0, 0.1) is 0 Å². The third-order valence-corrected chi connectivity index (χ3v) is 5.95. The van der Waals surface area contributed by atoms with Crippen LogP contribution in [0.3, 0.4) is 0 Å². The van der Waals surface area contributed by atoms with Gasteiger partial charge in [0, 0.05) is 37.6 Å². The standard InChI is InChI=1S/C26H28F3N5O2/c1-34(2)24-21-5-3-4-6-22(21)32-25(33-24)31-19-12-10-18(11-13-19)30-23(35)16-9-17-7-14-20(15-8-17)36-26(27,28)29/h3-9,14-16,18-19H,10-13H2,1-2H3,(H,30,35)(H,31,32,33)/b16-9+. The fraction of sp³-hybridized carbons (Fsp3) is 0.346. The second-order valence-corrected chi connectivity index (χ2v) is 8.93. The molecule has 0 spiro atoms. The largest absolute Gasteiger partial charge is 0.573 e. The van der Waals surface area contributed by atoms with Gasteiger partial charge in [0.15, 0.2) is 0 Å². The van der Waals surface area contributed by atoms with Crippen molar-refractivity contribution in [3.8, 4) is 5.75 Å². The molecule has 1 aliphatic carbocycles. The Morgan fingerprint density at radius 1 is 1.00 bits per heavy atom. The predicted molar refractivity (Wildman–Crippen MR) is 134 cm³/mol. The molecular formula is C26H28F3N5O2. The minimum absolute atomic E-state index is 0.0534. The van der Waals surface area contributed by atoms with Gasteiger partial charge in [-0.05, 0) is 61.6 Å². The number of para-hydroxylation sites is 1. The number of amides is 1. The summed E-state index contributed by atoms with van der Waals surface area (Å²) in [7, 11) is 3.91. The number of carbonyl (C=O) groups excluding carboxylic acids is 1. The number of hydrogen-bond acceptors (Lipinski definition) is 6. The smallest absolute Gasteiger partial charge is 0.406 e. The first-order valence-corrected chi connectivity index (χ1v) is 11.7. The van der Waals surface area contributed by atoms with E-state index in [-0.39, 0.29) is 23.7 Å². The van der Waals surface area contributed by atoms with E-state index in [9.17, 15) is 18.0 Å². The molecule has 0 saturated heterocycles. The molecule has 0 unspecified atom stereocenters. The Morgan fingerprint density at radius 3 is 2.33 bits per heavy atom. The third kappa shape index (κ3) is 6.87. The van der Waals surface area contributed by atoms with Crippen molar-refractivity contribution in [3.05, 3.63) is 60.2 Å². The number of nitrogens with zero attached hydrogens (tertiary/aromatic N) is 3. The lowest BCUT2D eigenvalue weighted by Gasteiger charge is -2.29. The average molecular weight is 500 g/mol. The minimum Gasteiger partial charge on any atom is -0.406 e. The fourth-order valence-corrected chi connectivity index (χ4v) is 4.23. The molecule has 3 aromatic rings. The van der Waals surface area contributed by atoms with E-state index in [1.54, 1.807) is 6.08 Å². The molecular weight excluding hydrogens is 471 g/mol. The number of carbonyl (C=O) groups is 1. The van der Waals surface area contributed by atoms with Gasteiger partial charge >= 0.3 is 6.36 Å². The second kappa shape index (κ2) is 10.8. The Kier molecular flexibility index (Phi) is 7.61. The Morgan fingerprint density at radius 2 is 1.67 bits per heavy atom. The minimum atomic E-state index is -4.73. The van der Waals surface area contributed by atoms with E-state index in [2.05, 4.69) is 20.4 Å². The molecule has 1 heterocycles. The van der Waals surface area contributed by atoms with Crippen molar-refractivity contribution in [1.82, 2.24) is 15.3 Å². The first kappa shape index (κ1) is 25.3. The highest BCUT2D eigenvalue weighted by Crippen LogP contribution is 2.27. The number of rotatable bonds is 7. The van der Waals surface area contributed by atoms with Gasteiger partial charge in [-0.15, -0.1) is 13.2 Å². The SMILES string of the molecule is CN(C)c1nc(NC2CCC(NC(=O)/C=C/c3ccc(OC(F)(F)F)cc3)CC2)nc2ccccc12. The monoisotopic (exact) mass is 499 g/mol. The molecule has 1 aromatic heterocycles. The molecule has 2 aromatic carbocycles. The maximum Gasteiger partial charge on any atom is 0.573 e. The van der Waals surface area contributed by atoms with Gasteiger partial charge in [0.1, 0.15) is 11.6 Å². The number of fused-ring (bicyclic) bond motifs is 1. The van der Waals surface area contributed by atoms with Crippen LogP contribution in [0.1, 0.15) is 31.2 Å². The van der Waals surface area contributed by atoms with E-state index in [1.165, 1.54) is 30.3 Å². The molecule has 1 amide bonds. The molecule has 0 atom stereocenters. The maximum atomic E-state index is 12.3. The van der Waals surface area contributed by atoms with Crippen molar-refractivity contribution in [3.63, 3.8) is 0 Å². The zero-order valence-electron chi connectivity index (χ0n) is 20.0. The lowest BCUT2D eigenvalue weighted by Crippen LogP contribution is -2.39. The van der Waals surface area contributed by atoms with Gasteiger partial charge in [0.25, 0.3) is 0 Å².